The average Bonchev–Trinajstić information content (AvgIpc) is 2.60. The zero-order chi connectivity index (χ0) is 17.9. The van der Waals surface area contributed by atoms with Gasteiger partial charge in [-0.1, -0.05) is 30.3 Å². The van der Waals surface area contributed by atoms with Crippen molar-refractivity contribution in [1.29, 1.82) is 0 Å². The topological polar surface area (TPSA) is 57.1 Å². The molecular formula is C17H12F3N3O2. The van der Waals surface area contributed by atoms with E-state index in [2.05, 4.69) is 19.9 Å². The van der Waals surface area contributed by atoms with Crippen LogP contribution in [-0.2, 0) is 0 Å². The SMILES string of the molecule is COc1cc(OC(F)(F)F)cc(-c2nncnc2-c2ccccc2)c1. The lowest BCUT2D eigenvalue weighted by Gasteiger charge is -2.13. The smallest absolute Gasteiger partial charge is 0.497 e. The van der Waals surface area contributed by atoms with Crippen LogP contribution in [0.4, 0.5) is 13.2 Å². The molecule has 0 atom stereocenters. The van der Waals surface area contributed by atoms with Crippen LogP contribution in [0.1, 0.15) is 0 Å². The van der Waals surface area contributed by atoms with Gasteiger partial charge in [-0.05, 0) is 12.1 Å². The third-order valence-electron chi connectivity index (χ3n) is 3.29. The van der Waals surface area contributed by atoms with Crippen LogP contribution in [0.2, 0.25) is 0 Å². The number of rotatable bonds is 4. The van der Waals surface area contributed by atoms with Gasteiger partial charge in [-0.3, -0.25) is 0 Å². The third-order valence-corrected chi connectivity index (χ3v) is 3.29. The van der Waals surface area contributed by atoms with Gasteiger partial charge in [-0.25, -0.2) is 4.98 Å². The highest BCUT2D eigenvalue weighted by Gasteiger charge is 2.31. The van der Waals surface area contributed by atoms with Crippen molar-refractivity contribution >= 4 is 0 Å². The monoisotopic (exact) mass is 347 g/mol. The summed E-state index contributed by atoms with van der Waals surface area (Å²) in [6.45, 7) is 0. The maximum Gasteiger partial charge on any atom is 0.573 e. The lowest BCUT2D eigenvalue weighted by atomic mass is 10.0. The van der Waals surface area contributed by atoms with E-state index in [0.717, 1.165) is 11.6 Å². The molecule has 0 aliphatic carbocycles. The second-order valence-corrected chi connectivity index (χ2v) is 4.97. The van der Waals surface area contributed by atoms with Gasteiger partial charge >= 0.3 is 6.36 Å². The first-order valence-corrected chi connectivity index (χ1v) is 7.14. The molecule has 0 unspecified atom stereocenters. The number of aromatic nitrogens is 3. The van der Waals surface area contributed by atoms with Crippen molar-refractivity contribution in [2.24, 2.45) is 0 Å². The number of hydrogen-bond acceptors (Lipinski definition) is 5. The first-order chi connectivity index (χ1) is 12.0. The van der Waals surface area contributed by atoms with E-state index < -0.39 is 12.1 Å². The van der Waals surface area contributed by atoms with Crippen LogP contribution in [0, 0.1) is 0 Å². The van der Waals surface area contributed by atoms with E-state index in [0.29, 0.717) is 17.0 Å². The molecule has 0 radical (unpaired) electrons. The van der Waals surface area contributed by atoms with Crippen molar-refractivity contribution in [3.63, 3.8) is 0 Å². The van der Waals surface area contributed by atoms with Crippen LogP contribution in [0.25, 0.3) is 22.5 Å². The van der Waals surface area contributed by atoms with E-state index in [-0.39, 0.29) is 5.75 Å². The number of benzene rings is 2. The molecule has 128 valence electrons. The molecule has 1 aromatic heterocycles. The maximum absolute atomic E-state index is 12.6. The van der Waals surface area contributed by atoms with Crippen molar-refractivity contribution in [3.8, 4) is 34.0 Å². The van der Waals surface area contributed by atoms with Gasteiger partial charge in [-0.15, -0.1) is 23.4 Å². The molecular weight excluding hydrogens is 335 g/mol. The lowest BCUT2D eigenvalue weighted by Crippen LogP contribution is -2.17. The molecule has 0 N–H and O–H groups in total. The number of nitrogens with zero attached hydrogens (tertiary/aromatic N) is 3. The Morgan fingerprint density at radius 2 is 1.60 bits per heavy atom. The van der Waals surface area contributed by atoms with Crippen LogP contribution in [0.3, 0.4) is 0 Å². The number of hydrogen-bond donors (Lipinski definition) is 0. The van der Waals surface area contributed by atoms with E-state index in [1.807, 2.05) is 30.3 Å². The number of halogens is 3. The molecule has 0 saturated heterocycles. The van der Waals surface area contributed by atoms with Gasteiger partial charge in [-0.2, -0.15) is 0 Å². The molecule has 2 aromatic carbocycles. The Morgan fingerprint density at radius 3 is 2.28 bits per heavy atom. The molecule has 3 rings (SSSR count). The van der Waals surface area contributed by atoms with Crippen LogP contribution in [-0.4, -0.2) is 28.7 Å². The second kappa shape index (κ2) is 6.76. The minimum atomic E-state index is -4.81. The van der Waals surface area contributed by atoms with E-state index in [1.165, 1.54) is 19.5 Å². The summed E-state index contributed by atoms with van der Waals surface area (Å²) in [7, 11) is 1.35. The largest absolute Gasteiger partial charge is 0.573 e. The first-order valence-electron chi connectivity index (χ1n) is 7.14. The Balaban J connectivity index is 2.12. The Morgan fingerprint density at radius 1 is 0.880 bits per heavy atom. The summed E-state index contributed by atoms with van der Waals surface area (Å²) in [5.74, 6) is -0.215. The molecule has 0 amide bonds. The van der Waals surface area contributed by atoms with Crippen LogP contribution >= 0.6 is 0 Å². The molecule has 8 heteroatoms. The van der Waals surface area contributed by atoms with Crippen molar-refractivity contribution in [3.05, 3.63) is 54.9 Å². The van der Waals surface area contributed by atoms with Gasteiger partial charge in [0.15, 0.2) is 0 Å². The Labute approximate surface area is 141 Å². The molecule has 0 bridgehead atoms. The van der Waals surface area contributed by atoms with Gasteiger partial charge in [0.05, 0.1) is 7.11 Å². The first kappa shape index (κ1) is 16.7. The highest BCUT2D eigenvalue weighted by atomic mass is 19.4. The Kier molecular flexibility index (Phi) is 4.51. The highest BCUT2D eigenvalue weighted by molar-refractivity contribution is 5.78. The predicted molar refractivity (Wildman–Crippen MR) is 83.9 cm³/mol. The lowest BCUT2D eigenvalue weighted by molar-refractivity contribution is -0.274. The summed E-state index contributed by atoms with van der Waals surface area (Å²) in [6.07, 6.45) is -3.54. The van der Waals surface area contributed by atoms with Gasteiger partial charge in [0.1, 0.15) is 29.2 Å². The molecule has 0 spiro atoms. The number of alkyl halides is 3. The van der Waals surface area contributed by atoms with Gasteiger partial charge < -0.3 is 9.47 Å². The zero-order valence-corrected chi connectivity index (χ0v) is 13.0. The summed E-state index contributed by atoms with van der Waals surface area (Å²) in [5.41, 5.74) is 1.91. The van der Waals surface area contributed by atoms with Gasteiger partial charge in [0.25, 0.3) is 0 Å². The fourth-order valence-electron chi connectivity index (χ4n) is 2.30. The maximum atomic E-state index is 12.6. The fraction of sp³-hybridized carbons (Fsp3) is 0.118. The predicted octanol–water partition coefficient (Wildman–Crippen LogP) is 4.11. The third kappa shape index (κ3) is 4.03. The summed E-state index contributed by atoms with van der Waals surface area (Å²) in [4.78, 5) is 4.21. The number of ether oxygens (including phenoxy) is 2. The van der Waals surface area contributed by atoms with Crippen molar-refractivity contribution < 1.29 is 22.6 Å². The van der Waals surface area contributed by atoms with E-state index >= 15 is 0 Å². The quantitative estimate of drug-likeness (QED) is 0.711. The molecule has 0 fully saturated rings. The number of methoxy groups -OCH3 is 1. The summed E-state index contributed by atoms with van der Waals surface area (Å²) in [6, 6.07) is 13.0. The average molecular weight is 347 g/mol. The highest BCUT2D eigenvalue weighted by Crippen LogP contribution is 2.35. The van der Waals surface area contributed by atoms with E-state index in [1.54, 1.807) is 6.07 Å². The summed E-state index contributed by atoms with van der Waals surface area (Å²) < 4.78 is 46.7. The van der Waals surface area contributed by atoms with Crippen molar-refractivity contribution in [2.45, 2.75) is 6.36 Å². The van der Waals surface area contributed by atoms with Crippen LogP contribution < -0.4 is 9.47 Å². The van der Waals surface area contributed by atoms with Gasteiger partial charge in [0.2, 0.25) is 0 Å². The molecule has 0 aliphatic rings. The van der Waals surface area contributed by atoms with Crippen LogP contribution in [0.5, 0.6) is 11.5 Å². The minimum Gasteiger partial charge on any atom is -0.497 e. The fourth-order valence-corrected chi connectivity index (χ4v) is 2.30. The summed E-state index contributed by atoms with van der Waals surface area (Å²) in [5, 5.41) is 7.78. The van der Waals surface area contributed by atoms with E-state index in [4.69, 9.17) is 4.74 Å². The second-order valence-electron chi connectivity index (χ2n) is 4.97. The molecule has 0 saturated carbocycles. The Hall–Kier alpha value is -3.16. The molecule has 0 aliphatic heterocycles. The van der Waals surface area contributed by atoms with Gasteiger partial charge in [0, 0.05) is 17.2 Å². The molecule has 25 heavy (non-hydrogen) atoms. The van der Waals surface area contributed by atoms with Crippen molar-refractivity contribution in [2.75, 3.05) is 7.11 Å². The minimum absolute atomic E-state index is 0.196. The Bertz CT molecular complexity index is 871. The zero-order valence-electron chi connectivity index (χ0n) is 13.0. The molecule has 5 nitrogen and oxygen atoms in total. The van der Waals surface area contributed by atoms with Crippen LogP contribution in [0.15, 0.2) is 54.9 Å². The molecule has 1 heterocycles. The molecule has 3 aromatic rings. The normalized spacial score (nSPS) is 11.2. The van der Waals surface area contributed by atoms with E-state index in [9.17, 15) is 13.2 Å². The standard InChI is InChI=1S/C17H12F3N3O2/c1-24-13-7-12(8-14(9-13)25-17(18,19)20)16-15(21-10-22-23-16)11-5-3-2-4-6-11/h2-10H,1H3. The summed E-state index contributed by atoms with van der Waals surface area (Å²) >= 11 is 0. The van der Waals surface area contributed by atoms with Crippen molar-refractivity contribution in [1.82, 2.24) is 15.2 Å².